The van der Waals surface area contributed by atoms with Gasteiger partial charge in [-0.2, -0.15) is 18.3 Å². The molecule has 2 heterocycles. The highest BCUT2D eigenvalue weighted by atomic mass is 32.1. The molecule has 1 aliphatic carbocycles. The first-order chi connectivity index (χ1) is 11.8. The number of benzene rings is 1. The molecule has 0 aliphatic heterocycles. The van der Waals surface area contributed by atoms with Crippen molar-refractivity contribution >= 4 is 11.3 Å². The summed E-state index contributed by atoms with van der Waals surface area (Å²) < 4.78 is 45.9. The van der Waals surface area contributed by atoms with Crippen LogP contribution in [0.25, 0.3) is 11.3 Å². The summed E-state index contributed by atoms with van der Waals surface area (Å²) in [6, 6.07) is 4.80. The summed E-state index contributed by atoms with van der Waals surface area (Å²) in [5, 5.41) is 5.04. The Balaban J connectivity index is 1.73. The zero-order valence-corrected chi connectivity index (χ0v) is 14.5. The number of aromatic nitrogens is 2. The van der Waals surface area contributed by atoms with Crippen LogP contribution in [0, 0.1) is 6.92 Å². The van der Waals surface area contributed by atoms with E-state index in [2.05, 4.69) is 5.10 Å². The second-order valence-electron chi connectivity index (χ2n) is 6.07. The number of alkyl halides is 3. The summed E-state index contributed by atoms with van der Waals surface area (Å²) >= 11 is 1.52. The minimum absolute atomic E-state index is 0.395. The van der Waals surface area contributed by atoms with E-state index >= 15 is 0 Å². The Morgan fingerprint density at radius 1 is 1.16 bits per heavy atom. The highest BCUT2D eigenvalue weighted by Gasteiger charge is 2.31. The summed E-state index contributed by atoms with van der Waals surface area (Å²) in [7, 11) is 1.89. The van der Waals surface area contributed by atoms with Gasteiger partial charge in [-0.05, 0) is 55.2 Å². The molecule has 7 heteroatoms. The minimum Gasteiger partial charge on any atom is -0.446 e. The van der Waals surface area contributed by atoms with Crippen LogP contribution in [-0.4, -0.2) is 9.78 Å². The summed E-state index contributed by atoms with van der Waals surface area (Å²) in [6.07, 6.45) is -0.617. The lowest BCUT2D eigenvalue weighted by Gasteiger charge is -2.16. The van der Waals surface area contributed by atoms with Gasteiger partial charge in [-0.1, -0.05) is 0 Å². The van der Waals surface area contributed by atoms with Crippen molar-refractivity contribution in [2.75, 3.05) is 0 Å². The quantitative estimate of drug-likeness (QED) is 0.611. The zero-order chi connectivity index (χ0) is 17.8. The molecule has 0 spiro atoms. The smallest absolute Gasteiger partial charge is 0.416 e. The van der Waals surface area contributed by atoms with Crippen LogP contribution in [-0.2, 0) is 26.1 Å². The van der Waals surface area contributed by atoms with Crippen LogP contribution in [0.4, 0.5) is 13.2 Å². The third-order valence-electron chi connectivity index (χ3n) is 4.46. The fraction of sp³-hybridized carbons (Fsp3) is 0.278. The molecule has 4 rings (SSSR count). The molecule has 1 aliphatic rings. The average Bonchev–Trinajstić information content (AvgIpc) is 3.08. The number of rotatable bonds is 2. The Bertz CT molecular complexity index is 939. The van der Waals surface area contributed by atoms with E-state index in [1.165, 1.54) is 39.5 Å². The molecular formula is C18H15F3N2OS. The Hall–Kier alpha value is -2.28. The molecule has 0 N–H and O–H groups in total. The average molecular weight is 364 g/mol. The summed E-state index contributed by atoms with van der Waals surface area (Å²) in [5.41, 5.74) is 3.78. The van der Waals surface area contributed by atoms with Gasteiger partial charge in [-0.3, -0.25) is 4.68 Å². The maximum Gasteiger partial charge on any atom is 0.416 e. The van der Waals surface area contributed by atoms with Gasteiger partial charge in [-0.15, -0.1) is 11.3 Å². The van der Waals surface area contributed by atoms with Crippen molar-refractivity contribution in [2.45, 2.75) is 25.9 Å². The fourth-order valence-corrected chi connectivity index (χ4v) is 4.30. The maximum absolute atomic E-state index is 12.7. The molecule has 0 unspecified atom stereocenters. The van der Waals surface area contributed by atoms with Crippen LogP contribution in [0.15, 0.2) is 30.5 Å². The molecule has 0 radical (unpaired) electrons. The van der Waals surface area contributed by atoms with Crippen molar-refractivity contribution in [3.63, 3.8) is 0 Å². The van der Waals surface area contributed by atoms with E-state index in [1.807, 2.05) is 24.9 Å². The van der Waals surface area contributed by atoms with Gasteiger partial charge in [-0.25, -0.2) is 0 Å². The highest BCUT2D eigenvalue weighted by Crippen LogP contribution is 2.48. The summed E-state index contributed by atoms with van der Waals surface area (Å²) in [6.45, 7) is 2.05. The normalized spacial score (nSPS) is 13.5. The van der Waals surface area contributed by atoms with E-state index in [0.717, 1.165) is 36.2 Å². The Kier molecular flexibility index (Phi) is 3.64. The topological polar surface area (TPSA) is 27.1 Å². The molecule has 25 heavy (non-hydrogen) atoms. The number of nitrogens with zero attached hydrogens (tertiary/aromatic N) is 2. The van der Waals surface area contributed by atoms with Crippen LogP contribution in [0.1, 0.15) is 21.6 Å². The van der Waals surface area contributed by atoms with E-state index in [1.54, 1.807) is 0 Å². The Morgan fingerprint density at radius 3 is 2.56 bits per heavy atom. The lowest BCUT2D eigenvalue weighted by molar-refractivity contribution is -0.137. The van der Waals surface area contributed by atoms with Gasteiger partial charge in [0.05, 0.1) is 23.0 Å². The second-order valence-corrected chi connectivity index (χ2v) is 7.25. The lowest BCUT2D eigenvalue weighted by atomic mass is 9.92. The SMILES string of the molecule is Cc1sc(Oc2ccc(C(F)(F)F)cc2)c2c1CCc1cnn(C)c1-2. The van der Waals surface area contributed by atoms with Gasteiger partial charge in [0.1, 0.15) is 5.75 Å². The van der Waals surface area contributed by atoms with E-state index < -0.39 is 11.7 Å². The molecule has 3 nitrogen and oxygen atoms in total. The highest BCUT2D eigenvalue weighted by molar-refractivity contribution is 7.14. The summed E-state index contributed by atoms with van der Waals surface area (Å²) in [4.78, 5) is 1.17. The molecule has 0 fully saturated rings. The molecule has 130 valence electrons. The largest absolute Gasteiger partial charge is 0.446 e. The second kappa shape index (κ2) is 5.62. The van der Waals surface area contributed by atoms with E-state index in [4.69, 9.17) is 4.74 Å². The van der Waals surface area contributed by atoms with E-state index in [9.17, 15) is 13.2 Å². The number of halogens is 3. The van der Waals surface area contributed by atoms with E-state index in [-0.39, 0.29) is 0 Å². The molecule has 3 aromatic rings. The van der Waals surface area contributed by atoms with Gasteiger partial charge in [0.25, 0.3) is 0 Å². The monoisotopic (exact) mass is 364 g/mol. The Labute approximate surface area is 146 Å². The summed E-state index contributed by atoms with van der Waals surface area (Å²) in [5.74, 6) is 0.395. The van der Waals surface area contributed by atoms with Crippen molar-refractivity contribution in [1.29, 1.82) is 0 Å². The van der Waals surface area contributed by atoms with Gasteiger partial charge >= 0.3 is 6.18 Å². The number of aryl methyl sites for hydroxylation is 3. The molecule has 0 bridgehead atoms. The van der Waals surface area contributed by atoms with Crippen molar-refractivity contribution in [3.05, 3.63) is 52.0 Å². The molecule has 1 aromatic carbocycles. The predicted octanol–water partition coefficient (Wildman–Crippen LogP) is 5.37. The number of hydrogen-bond donors (Lipinski definition) is 0. The molecule has 2 aromatic heterocycles. The Morgan fingerprint density at radius 2 is 1.88 bits per heavy atom. The fourth-order valence-electron chi connectivity index (χ4n) is 3.23. The van der Waals surface area contributed by atoms with Crippen LogP contribution in [0.5, 0.6) is 10.8 Å². The minimum atomic E-state index is -4.35. The standard InChI is InChI=1S/C18H15F3N2OS/c1-10-14-8-3-11-9-22-23(2)16(11)15(14)17(25-10)24-13-6-4-12(5-7-13)18(19,20)21/h4-7,9H,3,8H2,1-2H3. The first-order valence-corrected chi connectivity index (χ1v) is 8.65. The predicted molar refractivity (Wildman–Crippen MR) is 90.2 cm³/mol. The molecular weight excluding hydrogens is 349 g/mol. The van der Waals surface area contributed by atoms with Gasteiger partial charge < -0.3 is 4.74 Å². The number of hydrogen-bond acceptors (Lipinski definition) is 3. The lowest BCUT2D eigenvalue weighted by Crippen LogP contribution is -2.05. The van der Waals surface area contributed by atoms with Crippen molar-refractivity contribution < 1.29 is 17.9 Å². The van der Waals surface area contributed by atoms with Crippen LogP contribution in [0.3, 0.4) is 0 Å². The van der Waals surface area contributed by atoms with Crippen LogP contribution >= 0.6 is 11.3 Å². The van der Waals surface area contributed by atoms with Gasteiger partial charge in [0, 0.05) is 11.9 Å². The van der Waals surface area contributed by atoms with Gasteiger partial charge in [0.15, 0.2) is 5.06 Å². The molecule has 0 saturated heterocycles. The first-order valence-electron chi connectivity index (χ1n) is 7.83. The third-order valence-corrected chi connectivity index (χ3v) is 5.49. The third kappa shape index (κ3) is 2.72. The van der Waals surface area contributed by atoms with Crippen LogP contribution < -0.4 is 4.74 Å². The zero-order valence-electron chi connectivity index (χ0n) is 13.6. The number of thiophene rings is 1. The number of fused-ring (bicyclic) bond motifs is 3. The first kappa shape index (κ1) is 16.2. The molecule has 0 amide bonds. The number of ether oxygens (including phenoxy) is 1. The maximum atomic E-state index is 12.7. The van der Waals surface area contributed by atoms with Gasteiger partial charge in [0.2, 0.25) is 0 Å². The van der Waals surface area contributed by atoms with Crippen molar-refractivity contribution in [1.82, 2.24) is 9.78 Å². The van der Waals surface area contributed by atoms with E-state index in [0.29, 0.717) is 10.8 Å². The van der Waals surface area contributed by atoms with Crippen molar-refractivity contribution in [2.24, 2.45) is 7.05 Å². The van der Waals surface area contributed by atoms with Crippen molar-refractivity contribution in [3.8, 4) is 22.1 Å². The molecule has 0 atom stereocenters. The molecule has 0 saturated carbocycles. The van der Waals surface area contributed by atoms with Crippen LogP contribution in [0.2, 0.25) is 0 Å².